The van der Waals surface area contributed by atoms with E-state index in [0.29, 0.717) is 11.3 Å². The highest BCUT2D eigenvalue weighted by molar-refractivity contribution is 9.10. The summed E-state index contributed by atoms with van der Waals surface area (Å²) >= 11 is 3.32. The number of nitrogens with one attached hydrogen (secondary N) is 1. The second-order valence-corrected chi connectivity index (χ2v) is 5.68. The van der Waals surface area contributed by atoms with Gasteiger partial charge in [0.15, 0.2) is 0 Å². The molecule has 3 aromatic rings. The van der Waals surface area contributed by atoms with Crippen LogP contribution in [0.5, 0.6) is 5.75 Å². The van der Waals surface area contributed by atoms with Gasteiger partial charge in [-0.1, -0.05) is 0 Å². The summed E-state index contributed by atoms with van der Waals surface area (Å²) in [5.74, 6) is -0.836. The van der Waals surface area contributed by atoms with Crippen LogP contribution < -0.4 is 10.1 Å². The first-order valence-electron chi connectivity index (χ1n) is 6.61. The topological polar surface area (TPSA) is 55.6 Å². The number of anilines is 1. The number of pyridine rings is 1. The molecular formula is C15H9BrF3N3O2. The predicted octanol–water partition coefficient (Wildman–Crippen LogP) is 4.25. The number of carbonyl (C=O) groups excluding carboxylic acids is 1. The van der Waals surface area contributed by atoms with E-state index >= 15 is 0 Å². The van der Waals surface area contributed by atoms with Gasteiger partial charge in [0.1, 0.15) is 17.1 Å². The van der Waals surface area contributed by atoms with Gasteiger partial charge in [-0.05, 0) is 52.3 Å². The molecule has 0 aliphatic carbocycles. The number of rotatable bonds is 3. The molecule has 2 aromatic heterocycles. The molecule has 5 nitrogen and oxygen atoms in total. The van der Waals surface area contributed by atoms with Gasteiger partial charge in [0.2, 0.25) is 0 Å². The van der Waals surface area contributed by atoms with E-state index in [4.69, 9.17) is 0 Å². The van der Waals surface area contributed by atoms with Crippen molar-refractivity contribution in [2.75, 3.05) is 5.32 Å². The molecule has 0 saturated carbocycles. The maximum Gasteiger partial charge on any atom is 0.573 e. The van der Waals surface area contributed by atoms with E-state index in [1.807, 2.05) is 0 Å². The number of nitrogens with zero attached hydrogens (tertiary/aromatic N) is 2. The Bertz CT molecular complexity index is 891. The fraction of sp³-hybridized carbons (Fsp3) is 0.0667. The number of fused-ring (bicyclic) bond motifs is 1. The van der Waals surface area contributed by atoms with E-state index in [1.54, 1.807) is 28.9 Å². The molecule has 3 rings (SSSR count). The lowest BCUT2D eigenvalue weighted by molar-refractivity contribution is -0.274. The van der Waals surface area contributed by atoms with Gasteiger partial charge in [-0.15, -0.1) is 13.2 Å². The number of hydrogen-bond acceptors (Lipinski definition) is 3. The first-order chi connectivity index (χ1) is 11.3. The van der Waals surface area contributed by atoms with Crippen molar-refractivity contribution < 1.29 is 22.7 Å². The van der Waals surface area contributed by atoms with Crippen LogP contribution in [-0.2, 0) is 0 Å². The van der Waals surface area contributed by atoms with E-state index in [9.17, 15) is 18.0 Å². The number of amides is 1. The van der Waals surface area contributed by atoms with E-state index in [1.165, 1.54) is 12.1 Å². The zero-order valence-electron chi connectivity index (χ0n) is 11.8. The molecule has 0 radical (unpaired) electrons. The van der Waals surface area contributed by atoms with Gasteiger partial charge in [-0.25, -0.2) is 4.98 Å². The van der Waals surface area contributed by atoms with Crippen LogP contribution in [0.4, 0.5) is 18.9 Å². The maximum atomic E-state index is 12.2. The van der Waals surface area contributed by atoms with Crippen molar-refractivity contribution in [3.8, 4) is 5.75 Å². The molecule has 0 spiro atoms. The first kappa shape index (κ1) is 16.3. The molecule has 0 aliphatic heterocycles. The summed E-state index contributed by atoms with van der Waals surface area (Å²) in [7, 11) is 0. The molecule has 2 heterocycles. The van der Waals surface area contributed by atoms with Crippen molar-refractivity contribution in [2.45, 2.75) is 6.36 Å². The number of alkyl halides is 3. The highest BCUT2D eigenvalue weighted by Crippen LogP contribution is 2.24. The number of aromatic nitrogens is 2. The number of carbonyl (C=O) groups is 1. The number of halogens is 4. The fourth-order valence-electron chi connectivity index (χ4n) is 2.01. The highest BCUT2D eigenvalue weighted by atomic mass is 79.9. The number of hydrogen-bond donors (Lipinski definition) is 1. The van der Waals surface area contributed by atoms with Crippen molar-refractivity contribution in [3.05, 3.63) is 59.0 Å². The summed E-state index contributed by atoms with van der Waals surface area (Å²) < 4.78 is 42.6. The van der Waals surface area contributed by atoms with Gasteiger partial charge < -0.3 is 14.5 Å². The Labute approximate surface area is 142 Å². The number of imidazole rings is 1. The van der Waals surface area contributed by atoms with Crippen molar-refractivity contribution in [1.29, 1.82) is 0 Å². The van der Waals surface area contributed by atoms with Gasteiger partial charge in [0, 0.05) is 22.6 Å². The Hall–Kier alpha value is -2.55. The average molecular weight is 400 g/mol. The van der Waals surface area contributed by atoms with Crippen LogP contribution in [0.2, 0.25) is 0 Å². The first-order valence-corrected chi connectivity index (χ1v) is 7.41. The van der Waals surface area contributed by atoms with Crippen LogP contribution in [0, 0.1) is 0 Å². The van der Waals surface area contributed by atoms with Crippen molar-refractivity contribution in [1.82, 2.24) is 9.38 Å². The lowest BCUT2D eigenvalue weighted by Gasteiger charge is -2.09. The minimum absolute atomic E-state index is 0.184. The van der Waals surface area contributed by atoms with Crippen molar-refractivity contribution in [3.63, 3.8) is 0 Å². The molecule has 0 unspecified atom stereocenters. The summed E-state index contributed by atoms with van der Waals surface area (Å²) in [6, 6.07) is 8.39. The van der Waals surface area contributed by atoms with Crippen LogP contribution in [0.15, 0.2) is 53.3 Å². The third-order valence-electron chi connectivity index (χ3n) is 2.99. The summed E-state index contributed by atoms with van der Waals surface area (Å²) in [6.07, 6.45) is -1.45. The zero-order chi connectivity index (χ0) is 17.3. The highest BCUT2D eigenvalue weighted by Gasteiger charge is 2.30. The lowest BCUT2D eigenvalue weighted by atomic mass is 10.3. The summed E-state index contributed by atoms with van der Waals surface area (Å²) in [5, 5.41) is 2.56. The molecule has 0 atom stereocenters. The molecule has 24 heavy (non-hydrogen) atoms. The minimum Gasteiger partial charge on any atom is -0.406 e. The quantitative estimate of drug-likeness (QED) is 0.716. The van der Waals surface area contributed by atoms with Crippen LogP contribution in [-0.4, -0.2) is 21.7 Å². The largest absolute Gasteiger partial charge is 0.573 e. The molecule has 1 aromatic carbocycles. The van der Waals surface area contributed by atoms with Crippen LogP contribution in [0.1, 0.15) is 10.5 Å². The van der Waals surface area contributed by atoms with Crippen LogP contribution >= 0.6 is 15.9 Å². The smallest absolute Gasteiger partial charge is 0.406 e. The molecular weight excluding hydrogens is 391 g/mol. The molecule has 1 N–H and O–H groups in total. The van der Waals surface area contributed by atoms with Gasteiger partial charge in [0.05, 0.1) is 0 Å². The maximum absolute atomic E-state index is 12.2. The number of ether oxygens (including phenoxy) is 1. The van der Waals surface area contributed by atoms with Gasteiger partial charge in [0.25, 0.3) is 5.91 Å². The minimum atomic E-state index is -4.75. The summed E-state index contributed by atoms with van der Waals surface area (Å²) in [5.41, 5.74) is 1.11. The van der Waals surface area contributed by atoms with Crippen molar-refractivity contribution in [2.24, 2.45) is 0 Å². The Morgan fingerprint density at radius 3 is 2.50 bits per heavy atom. The number of benzene rings is 1. The second-order valence-electron chi connectivity index (χ2n) is 4.77. The van der Waals surface area contributed by atoms with E-state index in [2.05, 4.69) is 31.0 Å². The SMILES string of the molecule is O=C(Nc1ccc(OC(F)(F)F)cc1)c1cn2cc(Br)ccc2n1. The molecule has 9 heteroatoms. The summed E-state index contributed by atoms with van der Waals surface area (Å²) in [4.78, 5) is 16.3. The molecule has 124 valence electrons. The lowest BCUT2D eigenvalue weighted by Crippen LogP contribution is -2.17. The molecule has 0 fully saturated rings. The molecule has 0 aliphatic rings. The molecule has 0 bridgehead atoms. The average Bonchev–Trinajstić information content (AvgIpc) is 2.91. The van der Waals surface area contributed by atoms with Crippen molar-refractivity contribution >= 4 is 33.2 Å². The molecule has 0 saturated heterocycles. The predicted molar refractivity (Wildman–Crippen MR) is 84.0 cm³/mol. The Morgan fingerprint density at radius 1 is 1.12 bits per heavy atom. The molecule has 1 amide bonds. The normalized spacial score (nSPS) is 11.5. The Kier molecular flexibility index (Phi) is 4.18. The van der Waals surface area contributed by atoms with E-state index in [-0.39, 0.29) is 11.4 Å². The van der Waals surface area contributed by atoms with Gasteiger partial charge in [-0.2, -0.15) is 0 Å². The van der Waals surface area contributed by atoms with Gasteiger partial charge >= 0.3 is 6.36 Å². The van der Waals surface area contributed by atoms with Crippen LogP contribution in [0.25, 0.3) is 5.65 Å². The van der Waals surface area contributed by atoms with E-state index < -0.39 is 12.3 Å². The third kappa shape index (κ3) is 3.85. The fourth-order valence-corrected chi connectivity index (χ4v) is 2.36. The Morgan fingerprint density at radius 2 is 1.83 bits per heavy atom. The van der Waals surface area contributed by atoms with Crippen LogP contribution in [0.3, 0.4) is 0 Å². The van der Waals surface area contributed by atoms with Gasteiger partial charge in [-0.3, -0.25) is 4.79 Å². The summed E-state index contributed by atoms with van der Waals surface area (Å²) in [6.45, 7) is 0. The monoisotopic (exact) mass is 399 g/mol. The third-order valence-corrected chi connectivity index (χ3v) is 3.46. The standard InChI is InChI=1S/C15H9BrF3N3O2/c16-9-1-6-13-21-12(8-22(13)7-9)14(23)20-10-2-4-11(5-3-10)24-15(17,18)19/h1-8H,(H,20,23). The zero-order valence-corrected chi connectivity index (χ0v) is 13.4. The van der Waals surface area contributed by atoms with E-state index in [0.717, 1.165) is 16.6 Å². The Balaban J connectivity index is 1.73. The second kappa shape index (κ2) is 6.16.